The van der Waals surface area contributed by atoms with Crippen LogP contribution in [0.3, 0.4) is 0 Å². The van der Waals surface area contributed by atoms with Crippen molar-refractivity contribution < 1.29 is 8.78 Å². The van der Waals surface area contributed by atoms with Gasteiger partial charge in [-0.25, -0.2) is 13.8 Å². The second-order valence-electron chi connectivity index (χ2n) is 6.19. The van der Waals surface area contributed by atoms with Crippen LogP contribution in [0.4, 0.5) is 8.78 Å². The Kier molecular flexibility index (Phi) is 4.52. The molecular weight excluding hydrogens is 300 g/mol. The summed E-state index contributed by atoms with van der Waals surface area (Å²) in [5.74, 6) is -0.0890. The maximum absolute atomic E-state index is 13.3. The van der Waals surface area contributed by atoms with Crippen molar-refractivity contribution >= 4 is 0 Å². The first kappa shape index (κ1) is 15.8. The molecule has 0 spiro atoms. The van der Waals surface area contributed by atoms with E-state index in [1.807, 2.05) is 0 Å². The SMILES string of the molecule is Cc1nc(CN2CCC(Cc3cc(F)cc(F)c3)C2)cc(=O)[nH]1. The van der Waals surface area contributed by atoms with E-state index in [4.69, 9.17) is 0 Å². The average Bonchev–Trinajstić information content (AvgIpc) is 2.83. The quantitative estimate of drug-likeness (QED) is 0.941. The van der Waals surface area contributed by atoms with Gasteiger partial charge in [-0.2, -0.15) is 0 Å². The van der Waals surface area contributed by atoms with E-state index in [1.165, 1.54) is 18.2 Å². The molecule has 1 N–H and O–H groups in total. The first-order valence-corrected chi connectivity index (χ1v) is 7.72. The van der Waals surface area contributed by atoms with Crippen LogP contribution in [0.5, 0.6) is 0 Å². The van der Waals surface area contributed by atoms with Gasteiger partial charge >= 0.3 is 0 Å². The summed E-state index contributed by atoms with van der Waals surface area (Å²) in [6, 6.07) is 5.20. The summed E-state index contributed by atoms with van der Waals surface area (Å²) in [5.41, 5.74) is 1.31. The Balaban J connectivity index is 1.61. The van der Waals surface area contributed by atoms with Gasteiger partial charge in [0.2, 0.25) is 0 Å². The van der Waals surface area contributed by atoms with Crippen molar-refractivity contribution in [1.29, 1.82) is 0 Å². The summed E-state index contributed by atoms with van der Waals surface area (Å²) in [6.45, 7) is 4.12. The summed E-state index contributed by atoms with van der Waals surface area (Å²) in [4.78, 5) is 20.7. The van der Waals surface area contributed by atoms with Gasteiger partial charge in [0.15, 0.2) is 0 Å². The molecule has 0 radical (unpaired) electrons. The van der Waals surface area contributed by atoms with Crippen LogP contribution in [0.15, 0.2) is 29.1 Å². The van der Waals surface area contributed by atoms with Crippen molar-refractivity contribution in [3.8, 4) is 0 Å². The Hall–Kier alpha value is -2.08. The zero-order chi connectivity index (χ0) is 16.4. The van der Waals surface area contributed by atoms with E-state index < -0.39 is 11.6 Å². The highest BCUT2D eigenvalue weighted by molar-refractivity contribution is 5.18. The first-order chi connectivity index (χ1) is 11.0. The van der Waals surface area contributed by atoms with Crippen LogP contribution in [-0.2, 0) is 13.0 Å². The van der Waals surface area contributed by atoms with Crippen LogP contribution in [0.2, 0.25) is 0 Å². The van der Waals surface area contributed by atoms with Crippen LogP contribution in [0, 0.1) is 24.5 Å². The number of H-pyrrole nitrogens is 1. The predicted octanol–water partition coefficient (Wildman–Crippen LogP) is 2.42. The number of aromatic amines is 1. The smallest absolute Gasteiger partial charge is 0.251 e. The van der Waals surface area contributed by atoms with Gasteiger partial charge < -0.3 is 4.98 Å². The van der Waals surface area contributed by atoms with Crippen LogP contribution in [0.1, 0.15) is 23.5 Å². The van der Waals surface area contributed by atoms with Gasteiger partial charge in [0.1, 0.15) is 17.5 Å². The van der Waals surface area contributed by atoms with Gasteiger partial charge in [0.05, 0.1) is 5.69 Å². The van der Waals surface area contributed by atoms with Gasteiger partial charge in [-0.15, -0.1) is 0 Å². The fraction of sp³-hybridized carbons (Fsp3) is 0.412. The zero-order valence-electron chi connectivity index (χ0n) is 13.0. The average molecular weight is 319 g/mol. The highest BCUT2D eigenvalue weighted by Crippen LogP contribution is 2.22. The molecule has 122 valence electrons. The molecule has 1 fully saturated rings. The van der Waals surface area contributed by atoms with Gasteiger partial charge in [-0.05, 0) is 49.9 Å². The van der Waals surface area contributed by atoms with E-state index in [0.29, 0.717) is 30.3 Å². The lowest BCUT2D eigenvalue weighted by atomic mass is 9.98. The number of likely N-dealkylation sites (tertiary alicyclic amines) is 1. The van der Waals surface area contributed by atoms with Crippen LogP contribution >= 0.6 is 0 Å². The minimum absolute atomic E-state index is 0.140. The highest BCUT2D eigenvalue weighted by Gasteiger charge is 2.23. The van der Waals surface area contributed by atoms with Gasteiger partial charge in [-0.1, -0.05) is 0 Å². The van der Waals surface area contributed by atoms with Gasteiger partial charge in [0, 0.05) is 25.2 Å². The van der Waals surface area contributed by atoms with E-state index in [-0.39, 0.29) is 5.56 Å². The monoisotopic (exact) mass is 319 g/mol. The molecule has 1 saturated heterocycles. The molecule has 1 aromatic carbocycles. The van der Waals surface area contributed by atoms with E-state index in [9.17, 15) is 13.6 Å². The minimum atomic E-state index is -0.530. The Morgan fingerprint density at radius 3 is 2.70 bits per heavy atom. The third kappa shape index (κ3) is 4.22. The van der Waals surface area contributed by atoms with E-state index in [0.717, 1.165) is 31.3 Å². The zero-order valence-corrected chi connectivity index (χ0v) is 13.0. The second kappa shape index (κ2) is 6.58. The molecule has 3 rings (SSSR count). The van der Waals surface area contributed by atoms with Crippen molar-refractivity contribution in [3.05, 3.63) is 63.3 Å². The Morgan fingerprint density at radius 1 is 1.26 bits per heavy atom. The molecule has 0 amide bonds. The number of halogens is 2. The maximum atomic E-state index is 13.3. The van der Waals surface area contributed by atoms with Crippen molar-refractivity contribution in [1.82, 2.24) is 14.9 Å². The number of nitrogens with one attached hydrogen (secondary N) is 1. The number of hydrogen-bond acceptors (Lipinski definition) is 3. The van der Waals surface area contributed by atoms with Crippen molar-refractivity contribution in [2.75, 3.05) is 13.1 Å². The van der Waals surface area contributed by atoms with Crippen LogP contribution in [-0.4, -0.2) is 28.0 Å². The Morgan fingerprint density at radius 2 is 2.00 bits per heavy atom. The molecule has 0 saturated carbocycles. The first-order valence-electron chi connectivity index (χ1n) is 7.72. The van der Waals surface area contributed by atoms with E-state index >= 15 is 0 Å². The van der Waals surface area contributed by atoms with Gasteiger partial charge in [0.25, 0.3) is 5.56 Å². The van der Waals surface area contributed by atoms with E-state index in [1.54, 1.807) is 6.92 Å². The number of hydrogen-bond donors (Lipinski definition) is 1. The number of benzene rings is 1. The number of aryl methyl sites for hydroxylation is 1. The maximum Gasteiger partial charge on any atom is 0.251 e. The molecule has 1 unspecified atom stereocenters. The molecule has 6 heteroatoms. The third-order valence-electron chi connectivity index (χ3n) is 4.12. The molecule has 4 nitrogen and oxygen atoms in total. The minimum Gasteiger partial charge on any atom is -0.311 e. The molecular formula is C17H19F2N3O. The fourth-order valence-corrected chi connectivity index (χ4v) is 3.24. The molecule has 23 heavy (non-hydrogen) atoms. The summed E-state index contributed by atoms with van der Waals surface area (Å²) < 4.78 is 26.5. The normalized spacial score (nSPS) is 18.5. The standard InChI is InChI=1S/C17H19F2N3O/c1-11-20-16(8-17(23)21-11)10-22-3-2-12(9-22)4-13-5-14(18)7-15(19)6-13/h5-8,12H,2-4,9-10H2,1H3,(H,20,21,23). The Bertz CT molecular complexity index is 739. The second-order valence-corrected chi connectivity index (χ2v) is 6.19. The number of rotatable bonds is 4. The third-order valence-corrected chi connectivity index (χ3v) is 4.12. The van der Waals surface area contributed by atoms with Gasteiger partial charge in [-0.3, -0.25) is 9.69 Å². The number of nitrogens with zero attached hydrogens (tertiary/aromatic N) is 2. The predicted molar refractivity (Wildman–Crippen MR) is 83.0 cm³/mol. The molecule has 1 aliphatic rings. The number of aromatic nitrogens is 2. The lowest BCUT2D eigenvalue weighted by Gasteiger charge is -2.15. The molecule has 1 atom stereocenters. The summed E-state index contributed by atoms with van der Waals surface area (Å²) >= 11 is 0. The summed E-state index contributed by atoms with van der Waals surface area (Å²) in [5, 5.41) is 0. The highest BCUT2D eigenvalue weighted by atomic mass is 19.1. The Labute approximate surface area is 133 Å². The molecule has 2 heterocycles. The molecule has 2 aromatic rings. The van der Waals surface area contributed by atoms with Crippen molar-refractivity contribution in [2.24, 2.45) is 5.92 Å². The summed E-state index contributed by atoms with van der Waals surface area (Å²) in [6.07, 6.45) is 1.63. The molecule has 0 aliphatic carbocycles. The fourth-order valence-electron chi connectivity index (χ4n) is 3.24. The molecule has 1 aliphatic heterocycles. The lowest BCUT2D eigenvalue weighted by Crippen LogP contribution is -2.23. The topological polar surface area (TPSA) is 49.0 Å². The van der Waals surface area contributed by atoms with Crippen LogP contribution in [0.25, 0.3) is 0 Å². The van der Waals surface area contributed by atoms with Crippen molar-refractivity contribution in [3.63, 3.8) is 0 Å². The van der Waals surface area contributed by atoms with E-state index in [2.05, 4.69) is 14.9 Å². The summed E-state index contributed by atoms with van der Waals surface area (Å²) in [7, 11) is 0. The molecule has 0 bridgehead atoms. The van der Waals surface area contributed by atoms with Crippen LogP contribution < -0.4 is 5.56 Å². The molecule has 1 aromatic heterocycles. The van der Waals surface area contributed by atoms with Crippen molar-refractivity contribution in [2.45, 2.75) is 26.3 Å². The largest absolute Gasteiger partial charge is 0.311 e. The lowest BCUT2D eigenvalue weighted by molar-refractivity contribution is 0.312.